The molecule has 5 heteroatoms. The Morgan fingerprint density at radius 1 is 1.53 bits per heavy atom. The van der Waals surface area contributed by atoms with Crippen molar-refractivity contribution in [2.24, 2.45) is 5.73 Å². The lowest BCUT2D eigenvalue weighted by molar-refractivity contribution is 0.217. The Morgan fingerprint density at radius 2 is 2.29 bits per heavy atom. The third-order valence-electron chi connectivity index (χ3n) is 3.09. The molecule has 1 atom stereocenters. The van der Waals surface area contributed by atoms with E-state index in [0.717, 1.165) is 16.6 Å². The van der Waals surface area contributed by atoms with Crippen molar-refractivity contribution >= 4 is 27.6 Å². The van der Waals surface area contributed by atoms with E-state index in [0.29, 0.717) is 13.1 Å². The third kappa shape index (κ3) is 2.45. The molecule has 2 rings (SSSR count). The highest BCUT2D eigenvalue weighted by Gasteiger charge is 2.34. The summed E-state index contributed by atoms with van der Waals surface area (Å²) in [5, 5.41) is 0. The van der Waals surface area contributed by atoms with Crippen molar-refractivity contribution in [3.05, 3.63) is 28.7 Å². The molecular weight excluding hydrogens is 282 g/mol. The second-order valence-corrected chi connectivity index (χ2v) is 5.13. The summed E-state index contributed by atoms with van der Waals surface area (Å²) in [4.78, 5) is 15.7. The van der Waals surface area contributed by atoms with Gasteiger partial charge in [0, 0.05) is 23.8 Å². The predicted octanol–water partition coefficient (Wildman–Crippen LogP) is 2.04. The van der Waals surface area contributed by atoms with Gasteiger partial charge in [0.15, 0.2) is 0 Å². The minimum atomic E-state index is 0.0431. The Labute approximate surface area is 110 Å². The molecule has 1 heterocycles. The van der Waals surface area contributed by atoms with Crippen molar-refractivity contribution in [2.45, 2.75) is 12.5 Å². The fourth-order valence-corrected chi connectivity index (χ4v) is 2.48. The van der Waals surface area contributed by atoms with Gasteiger partial charge in [-0.3, -0.25) is 4.90 Å². The first kappa shape index (κ1) is 12.4. The molecule has 0 spiro atoms. The van der Waals surface area contributed by atoms with Crippen LogP contribution < -0.4 is 10.6 Å². The second kappa shape index (κ2) is 5.06. The first-order valence-electron chi connectivity index (χ1n) is 5.63. The maximum absolute atomic E-state index is 12.1. The van der Waals surface area contributed by atoms with Crippen LogP contribution in [0.1, 0.15) is 6.42 Å². The number of carbonyl (C=O) groups excluding carboxylic acids is 1. The van der Waals surface area contributed by atoms with Crippen molar-refractivity contribution in [1.29, 1.82) is 0 Å². The van der Waals surface area contributed by atoms with Crippen LogP contribution in [-0.4, -0.2) is 37.1 Å². The van der Waals surface area contributed by atoms with E-state index in [9.17, 15) is 4.79 Å². The van der Waals surface area contributed by atoms with Crippen LogP contribution >= 0.6 is 15.9 Å². The van der Waals surface area contributed by atoms with E-state index in [1.54, 1.807) is 9.80 Å². The Balaban J connectivity index is 2.20. The average Bonchev–Trinajstić information content (AvgIpc) is 2.58. The molecule has 1 unspecified atom stereocenters. The van der Waals surface area contributed by atoms with Gasteiger partial charge in [0.25, 0.3) is 0 Å². The van der Waals surface area contributed by atoms with Gasteiger partial charge in [0.1, 0.15) is 0 Å². The number of nitrogens with two attached hydrogens (primary N) is 1. The Hall–Kier alpha value is -1.07. The molecule has 0 aromatic heterocycles. The molecule has 0 saturated carbocycles. The minimum absolute atomic E-state index is 0.0431. The molecule has 0 aliphatic carbocycles. The van der Waals surface area contributed by atoms with Gasteiger partial charge >= 0.3 is 6.03 Å². The molecule has 1 aliphatic rings. The smallest absolute Gasteiger partial charge is 0.324 e. The van der Waals surface area contributed by atoms with Gasteiger partial charge < -0.3 is 10.6 Å². The van der Waals surface area contributed by atoms with Gasteiger partial charge in [-0.05, 0) is 31.2 Å². The summed E-state index contributed by atoms with van der Waals surface area (Å²) in [6, 6.07) is 8.04. The molecule has 2 N–H and O–H groups in total. The maximum atomic E-state index is 12.1. The zero-order valence-corrected chi connectivity index (χ0v) is 11.4. The molecule has 17 heavy (non-hydrogen) atoms. The molecular formula is C12H16BrN3O. The van der Waals surface area contributed by atoms with Crippen molar-refractivity contribution in [3.63, 3.8) is 0 Å². The highest BCUT2D eigenvalue weighted by Crippen LogP contribution is 2.26. The molecule has 4 nitrogen and oxygen atoms in total. The van der Waals surface area contributed by atoms with Crippen LogP contribution in [0, 0.1) is 0 Å². The number of hydrogen-bond acceptors (Lipinski definition) is 2. The molecule has 1 aliphatic heterocycles. The van der Waals surface area contributed by atoms with Crippen LogP contribution in [0.4, 0.5) is 10.5 Å². The number of carbonyl (C=O) groups is 1. The SMILES string of the molecule is CN1C(=O)N(c2cccc(Br)c2)CC1CCN. The summed E-state index contributed by atoms with van der Waals surface area (Å²) in [5.41, 5.74) is 6.49. The average molecular weight is 298 g/mol. The molecule has 1 aromatic rings. The van der Waals surface area contributed by atoms with Crippen LogP contribution in [0.3, 0.4) is 0 Å². The summed E-state index contributed by atoms with van der Waals surface area (Å²) in [6.07, 6.45) is 0.840. The number of halogens is 1. The number of benzene rings is 1. The van der Waals surface area contributed by atoms with Gasteiger partial charge in [-0.2, -0.15) is 0 Å². The number of amides is 2. The standard InChI is InChI=1S/C12H16BrN3O/c1-15-11(5-6-14)8-16(12(15)17)10-4-2-3-9(13)7-10/h2-4,7,11H,5-6,8,14H2,1H3. The van der Waals surface area contributed by atoms with E-state index in [1.807, 2.05) is 31.3 Å². The van der Waals surface area contributed by atoms with Crippen molar-refractivity contribution in [3.8, 4) is 0 Å². The lowest BCUT2D eigenvalue weighted by Crippen LogP contribution is -2.32. The van der Waals surface area contributed by atoms with Crippen molar-refractivity contribution in [1.82, 2.24) is 4.90 Å². The predicted molar refractivity (Wildman–Crippen MR) is 72.1 cm³/mol. The number of rotatable bonds is 3. The highest BCUT2D eigenvalue weighted by atomic mass is 79.9. The number of likely N-dealkylation sites (N-methyl/N-ethyl adjacent to an activating group) is 1. The summed E-state index contributed by atoms with van der Waals surface area (Å²) in [5.74, 6) is 0. The van der Waals surface area contributed by atoms with Gasteiger partial charge in [-0.25, -0.2) is 4.79 Å². The van der Waals surface area contributed by atoms with Crippen LogP contribution in [-0.2, 0) is 0 Å². The fourth-order valence-electron chi connectivity index (χ4n) is 2.10. The van der Waals surface area contributed by atoms with E-state index in [2.05, 4.69) is 15.9 Å². The monoisotopic (exact) mass is 297 g/mol. The molecule has 1 saturated heterocycles. The van der Waals surface area contributed by atoms with Crippen LogP contribution in [0.25, 0.3) is 0 Å². The molecule has 2 amide bonds. The van der Waals surface area contributed by atoms with Gasteiger partial charge in [-0.15, -0.1) is 0 Å². The summed E-state index contributed by atoms with van der Waals surface area (Å²) in [7, 11) is 1.83. The van der Waals surface area contributed by atoms with Crippen LogP contribution in [0.2, 0.25) is 0 Å². The number of hydrogen-bond donors (Lipinski definition) is 1. The van der Waals surface area contributed by atoms with Crippen molar-refractivity contribution in [2.75, 3.05) is 25.0 Å². The Bertz CT molecular complexity index is 424. The quantitative estimate of drug-likeness (QED) is 0.928. The van der Waals surface area contributed by atoms with E-state index >= 15 is 0 Å². The van der Waals surface area contributed by atoms with Gasteiger partial charge in [0.2, 0.25) is 0 Å². The van der Waals surface area contributed by atoms with Crippen molar-refractivity contribution < 1.29 is 4.79 Å². The molecule has 92 valence electrons. The lowest BCUT2D eigenvalue weighted by Gasteiger charge is -2.16. The Morgan fingerprint density at radius 3 is 2.94 bits per heavy atom. The topological polar surface area (TPSA) is 49.6 Å². The normalized spacial score (nSPS) is 20.2. The summed E-state index contributed by atoms with van der Waals surface area (Å²) in [6.45, 7) is 1.32. The van der Waals surface area contributed by atoms with Crippen LogP contribution in [0.5, 0.6) is 0 Å². The highest BCUT2D eigenvalue weighted by molar-refractivity contribution is 9.10. The summed E-state index contributed by atoms with van der Waals surface area (Å²) < 4.78 is 0.979. The van der Waals surface area contributed by atoms with E-state index in [-0.39, 0.29) is 12.1 Å². The zero-order valence-electron chi connectivity index (χ0n) is 9.77. The largest absolute Gasteiger partial charge is 0.330 e. The lowest BCUT2D eigenvalue weighted by atomic mass is 10.2. The molecule has 1 fully saturated rings. The second-order valence-electron chi connectivity index (χ2n) is 4.22. The first-order chi connectivity index (χ1) is 8.13. The summed E-state index contributed by atoms with van der Waals surface area (Å²) >= 11 is 3.42. The molecule has 0 bridgehead atoms. The zero-order chi connectivity index (χ0) is 12.4. The Kier molecular flexibility index (Phi) is 3.69. The number of urea groups is 1. The van der Waals surface area contributed by atoms with Gasteiger partial charge in [-0.1, -0.05) is 22.0 Å². The third-order valence-corrected chi connectivity index (χ3v) is 3.59. The molecule has 0 radical (unpaired) electrons. The number of nitrogens with zero attached hydrogens (tertiary/aromatic N) is 2. The maximum Gasteiger partial charge on any atom is 0.324 e. The first-order valence-corrected chi connectivity index (χ1v) is 6.42. The minimum Gasteiger partial charge on any atom is -0.330 e. The number of anilines is 1. The molecule has 1 aromatic carbocycles. The fraction of sp³-hybridized carbons (Fsp3) is 0.417. The van der Waals surface area contributed by atoms with E-state index in [1.165, 1.54) is 0 Å². The van der Waals surface area contributed by atoms with Gasteiger partial charge in [0.05, 0.1) is 6.04 Å². The van der Waals surface area contributed by atoms with E-state index < -0.39 is 0 Å². The van der Waals surface area contributed by atoms with Crippen LogP contribution in [0.15, 0.2) is 28.7 Å². The van der Waals surface area contributed by atoms with E-state index in [4.69, 9.17) is 5.73 Å².